The molecule has 15 heteroatoms. The molecule has 0 saturated carbocycles. The van der Waals surface area contributed by atoms with Gasteiger partial charge in [-0.15, -0.1) is 16.4 Å². The smallest absolute Gasteiger partial charge is 0.303 e. The summed E-state index contributed by atoms with van der Waals surface area (Å²) in [5, 5.41) is 8.59. The molecule has 0 aliphatic carbocycles. The number of hydrogen-bond donors (Lipinski definition) is 0. The van der Waals surface area contributed by atoms with E-state index in [1.54, 1.807) is 24.3 Å². The Labute approximate surface area is 240 Å². The Morgan fingerprint density at radius 1 is 1.05 bits per heavy atom. The van der Waals surface area contributed by atoms with Gasteiger partial charge in [-0.2, -0.15) is 4.39 Å². The molecule has 1 aliphatic heterocycles. The van der Waals surface area contributed by atoms with E-state index in [9.17, 15) is 18.8 Å². The van der Waals surface area contributed by atoms with Gasteiger partial charge in [-0.25, -0.2) is 4.68 Å². The minimum Gasteiger partial charge on any atom is -0.463 e. The summed E-state index contributed by atoms with van der Waals surface area (Å²) in [5.74, 6) is -1.86. The van der Waals surface area contributed by atoms with Crippen molar-refractivity contribution < 1.29 is 37.7 Å². The fraction of sp³-hybridized carbons (Fsp3) is 0.375. The van der Waals surface area contributed by atoms with Crippen LogP contribution >= 0.6 is 46.3 Å². The molecule has 0 N–H and O–H groups in total. The molecule has 5 unspecified atom stereocenters. The molecule has 0 radical (unpaired) electrons. The lowest BCUT2D eigenvalue weighted by Gasteiger charge is -2.44. The number of halogens is 3. The van der Waals surface area contributed by atoms with E-state index in [1.165, 1.54) is 49.5 Å². The number of benzene rings is 1. The van der Waals surface area contributed by atoms with Gasteiger partial charge in [-0.05, 0) is 30.3 Å². The Bertz CT molecular complexity index is 1370. The van der Waals surface area contributed by atoms with Gasteiger partial charge >= 0.3 is 17.9 Å². The number of esters is 3. The molecule has 1 fully saturated rings. The number of hydrogen-bond acceptors (Lipinski definition) is 11. The molecule has 1 aromatic carbocycles. The van der Waals surface area contributed by atoms with Gasteiger partial charge in [0.2, 0.25) is 0 Å². The van der Waals surface area contributed by atoms with Crippen molar-refractivity contribution in [1.82, 2.24) is 15.0 Å². The van der Waals surface area contributed by atoms with Crippen molar-refractivity contribution in [2.45, 2.75) is 55.5 Å². The summed E-state index contributed by atoms with van der Waals surface area (Å²) in [7, 11) is 0. The van der Waals surface area contributed by atoms with E-state index in [0.717, 1.165) is 11.3 Å². The Kier molecular flexibility index (Phi) is 9.49. The van der Waals surface area contributed by atoms with Crippen LogP contribution in [-0.2, 0) is 33.3 Å². The zero-order chi connectivity index (χ0) is 28.3. The van der Waals surface area contributed by atoms with Crippen LogP contribution in [0.5, 0.6) is 0 Å². The van der Waals surface area contributed by atoms with E-state index >= 15 is 0 Å². The second-order valence-corrected chi connectivity index (χ2v) is 11.4. The molecule has 0 bridgehead atoms. The molecule has 39 heavy (non-hydrogen) atoms. The molecule has 208 valence electrons. The second kappa shape index (κ2) is 12.6. The van der Waals surface area contributed by atoms with E-state index < -0.39 is 52.8 Å². The summed E-state index contributed by atoms with van der Waals surface area (Å²) in [5.41, 5.74) is -0.556. The normalized spacial score (nSPS) is 22.8. The molecule has 2 aromatic heterocycles. The molecule has 3 aromatic rings. The molecule has 4 rings (SSSR count). The minimum atomic E-state index is -1.12. The average molecular weight is 618 g/mol. The fourth-order valence-corrected chi connectivity index (χ4v) is 6.14. The van der Waals surface area contributed by atoms with Crippen LogP contribution in [0.1, 0.15) is 26.8 Å². The van der Waals surface area contributed by atoms with Crippen molar-refractivity contribution >= 4 is 64.2 Å². The quantitative estimate of drug-likeness (QED) is 0.254. The third-order valence-electron chi connectivity index (χ3n) is 5.46. The van der Waals surface area contributed by atoms with E-state index in [2.05, 4.69) is 10.3 Å². The van der Waals surface area contributed by atoms with E-state index in [0.29, 0.717) is 25.5 Å². The van der Waals surface area contributed by atoms with E-state index in [1.807, 2.05) is 0 Å². The number of rotatable bonds is 8. The first-order valence-corrected chi connectivity index (χ1v) is 13.9. The van der Waals surface area contributed by atoms with Gasteiger partial charge in [0.05, 0.1) is 21.1 Å². The highest BCUT2D eigenvalue weighted by Crippen LogP contribution is 2.42. The highest BCUT2D eigenvalue weighted by molar-refractivity contribution is 7.99. The Balaban J connectivity index is 1.79. The Hall–Kier alpha value is -2.71. The lowest BCUT2D eigenvalue weighted by Crippen LogP contribution is -2.57. The van der Waals surface area contributed by atoms with E-state index in [-0.39, 0.29) is 6.61 Å². The van der Waals surface area contributed by atoms with E-state index in [4.69, 9.17) is 42.1 Å². The first kappa shape index (κ1) is 29.3. The molecular formula is C24H22Cl2FN3O7S2. The van der Waals surface area contributed by atoms with Crippen molar-refractivity contribution in [1.29, 1.82) is 0 Å². The largest absolute Gasteiger partial charge is 0.463 e. The van der Waals surface area contributed by atoms with Gasteiger partial charge in [0, 0.05) is 25.7 Å². The maximum atomic E-state index is 13.7. The van der Waals surface area contributed by atoms with Gasteiger partial charge in [0.25, 0.3) is 0 Å². The SMILES string of the molecule is CC(=O)OCC1OC(Sc2ccc(Cl)c(Cl)c2)C(OC(C)=O)C(n2cc(-c3ccc(F)s3)nn2)C1OC(C)=O. The number of carbonyl (C=O) groups excluding carboxylic acids is 3. The predicted octanol–water partition coefficient (Wildman–Crippen LogP) is 4.94. The molecule has 0 spiro atoms. The second-order valence-electron chi connectivity index (χ2n) is 8.37. The Morgan fingerprint density at radius 3 is 2.38 bits per heavy atom. The summed E-state index contributed by atoms with van der Waals surface area (Å²) in [4.78, 5) is 37.2. The number of nitrogens with zero attached hydrogens (tertiary/aromatic N) is 3. The van der Waals surface area contributed by atoms with Gasteiger partial charge < -0.3 is 18.9 Å². The first-order valence-electron chi connectivity index (χ1n) is 11.4. The van der Waals surface area contributed by atoms with Gasteiger partial charge in [-0.1, -0.05) is 40.2 Å². The zero-order valence-corrected chi connectivity index (χ0v) is 23.9. The highest BCUT2D eigenvalue weighted by Gasteiger charge is 2.52. The minimum absolute atomic E-state index is 0.271. The van der Waals surface area contributed by atoms with Crippen LogP contribution in [0.25, 0.3) is 10.6 Å². The molecule has 5 atom stereocenters. The summed E-state index contributed by atoms with van der Waals surface area (Å²) in [6, 6.07) is 6.82. The van der Waals surface area contributed by atoms with Crippen LogP contribution < -0.4 is 0 Å². The molecule has 0 amide bonds. The summed E-state index contributed by atoms with van der Waals surface area (Å²) in [6.07, 6.45) is -1.65. The van der Waals surface area contributed by atoms with Crippen LogP contribution in [0.15, 0.2) is 41.4 Å². The third kappa shape index (κ3) is 7.28. The molecular weight excluding hydrogens is 596 g/mol. The topological polar surface area (TPSA) is 119 Å². The number of aromatic nitrogens is 3. The monoisotopic (exact) mass is 617 g/mol. The van der Waals surface area contributed by atoms with Crippen molar-refractivity contribution in [3.8, 4) is 10.6 Å². The summed E-state index contributed by atoms with van der Waals surface area (Å²) >= 11 is 14.3. The number of thioether (sulfide) groups is 1. The van der Waals surface area contributed by atoms with Crippen molar-refractivity contribution in [2.24, 2.45) is 0 Å². The molecule has 1 saturated heterocycles. The van der Waals surface area contributed by atoms with Gasteiger partial charge in [0.1, 0.15) is 29.9 Å². The summed E-state index contributed by atoms with van der Waals surface area (Å²) < 4.78 is 37.8. The number of ether oxygens (including phenoxy) is 4. The maximum absolute atomic E-state index is 13.7. The highest BCUT2D eigenvalue weighted by atomic mass is 35.5. The molecule has 10 nitrogen and oxygen atoms in total. The van der Waals surface area contributed by atoms with Crippen molar-refractivity contribution in [3.63, 3.8) is 0 Å². The molecule has 1 aliphatic rings. The third-order valence-corrected chi connectivity index (χ3v) is 8.23. The average Bonchev–Trinajstić information content (AvgIpc) is 3.50. The van der Waals surface area contributed by atoms with Crippen molar-refractivity contribution in [2.75, 3.05) is 6.61 Å². The molecule has 3 heterocycles. The summed E-state index contributed by atoms with van der Waals surface area (Å²) in [6.45, 7) is 3.39. The van der Waals surface area contributed by atoms with Crippen LogP contribution in [0.3, 0.4) is 0 Å². The van der Waals surface area contributed by atoms with Gasteiger partial charge in [-0.3, -0.25) is 14.4 Å². The lowest BCUT2D eigenvalue weighted by molar-refractivity contribution is -0.212. The van der Waals surface area contributed by atoms with Gasteiger partial charge in [0.15, 0.2) is 17.3 Å². The van der Waals surface area contributed by atoms with Crippen LogP contribution in [0.2, 0.25) is 10.0 Å². The standard InChI is InChI=1S/C24H22Cl2FN3O7S2/c1-11(31)34-10-18-22(35-12(2)32)21(30-9-17(28-29-30)19-6-7-20(27)39-19)23(36-13(3)33)24(37-18)38-14-4-5-15(25)16(26)8-14/h4-9,18,21-24H,10H2,1-3H3. The fourth-order valence-electron chi connectivity index (χ4n) is 3.95. The van der Waals surface area contributed by atoms with Crippen LogP contribution in [0, 0.1) is 5.13 Å². The lowest BCUT2D eigenvalue weighted by atomic mass is 9.96. The number of thiophene rings is 1. The van der Waals surface area contributed by atoms with Crippen LogP contribution in [-0.4, -0.2) is 63.3 Å². The Morgan fingerprint density at radius 2 is 1.77 bits per heavy atom. The zero-order valence-electron chi connectivity index (χ0n) is 20.7. The predicted molar refractivity (Wildman–Crippen MR) is 141 cm³/mol. The first-order chi connectivity index (χ1) is 18.5. The van der Waals surface area contributed by atoms with Crippen LogP contribution in [0.4, 0.5) is 4.39 Å². The maximum Gasteiger partial charge on any atom is 0.303 e. The van der Waals surface area contributed by atoms with Crippen molar-refractivity contribution in [3.05, 3.63) is 51.7 Å². The number of carbonyl (C=O) groups is 3.